The molecule has 1 rings (SSSR count). The zero-order valence-electron chi connectivity index (χ0n) is 9.66. The maximum atomic E-state index is 11.5. The average molecular weight is 220 g/mol. The Bertz CT molecular complexity index is 426. The third kappa shape index (κ3) is 2.73. The SMILES string of the molecule is Cc1ccc(C(=N)N)cc1NC(=O)N(C)C. The molecule has 0 unspecified atom stereocenters. The van der Waals surface area contributed by atoms with Crippen LogP contribution < -0.4 is 11.1 Å². The van der Waals surface area contributed by atoms with Gasteiger partial charge in [0.15, 0.2) is 0 Å². The molecule has 0 aliphatic heterocycles. The van der Waals surface area contributed by atoms with Crippen molar-refractivity contribution in [2.24, 2.45) is 5.73 Å². The van der Waals surface area contributed by atoms with E-state index in [2.05, 4.69) is 5.32 Å². The van der Waals surface area contributed by atoms with Crippen molar-refractivity contribution in [3.8, 4) is 0 Å². The number of hydrogen-bond donors (Lipinski definition) is 3. The molecule has 16 heavy (non-hydrogen) atoms. The first kappa shape index (κ1) is 12.0. The molecule has 1 aromatic rings. The molecule has 0 saturated carbocycles. The summed E-state index contributed by atoms with van der Waals surface area (Å²) < 4.78 is 0. The van der Waals surface area contributed by atoms with Crippen molar-refractivity contribution in [1.29, 1.82) is 5.41 Å². The van der Waals surface area contributed by atoms with Crippen LogP contribution >= 0.6 is 0 Å². The molecule has 0 radical (unpaired) electrons. The zero-order chi connectivity index (χ0) is 12.3. The first-order chi connectivity index (χ1) is 7.41. The van der Waals surface area contributed by atoms with Gasteiger partial charge in [0, 0.05) is 25.3 Å². The second-order valence-corrected chi connectivity index (χ2v) is 3.77. The smallest absolute Gasteiger partial charge is 0.321 e. The van der Waals surface area contributed by atoms with Crippen molar-refractivity contribution in [2.75, 3.05) is 19.4 Å². The quantitative estimate of drug-likeness (QED) is 0.519. The van der Waals surface area contributed by atoms with Crippen molar-refractivity contribution >= 4 is 17.6 Å². The molecule has 0 saturated heterocycles. The molecule has 86 valence electrons. The fraction of sp³-hybridized carbons (Fsp3) is 0.273. The molecule has 5 heteroatoms. The Hall–Kier alpha value is -2.04. The number of carbonyl (C=O) groups excluding carboxylic acids is 1. The molecule has 0 spiro atoms. The van der Waals surface area contributed by atoms with Crippen molar-refractivity contribution in [3.63, 3.8) is 0 Å². The Kier molecular flexibility index (Phi) is 3.50. The average Bonchev–Trinajstić information content (AvgIpc) is 2.20. The normalized spacial score (nSPS) is 9.69. The van der Waals surface area contributed by atoms with Crippen LogP contribution in [0.3, 0.4) is 0 Å². The molecule has 0 atom stereocenters. The molecule has 2 amide bonds. The minimum absolute atomic E-state index is 0.0136. The number of nitrogen functional groups attached to an aromatic ring is 1. The Balaban J connectivity index is 2.99. The van der Waals surface area contributed by atoms with Crippen LogP contribution in [0.5, 0.6) is 0 Å². The van der Waals surface area contributed by atoms with Crippen LogP contribution in [0.25, 0.3) is 0 Å². The monoisotopic (exact) mass is 220 g/mol. The highest BCUT2D eigenvalue weighted by molar-refractivity contribution is 5.97. The summed E-state index contributed by atoms with van der Waals surface area (Å²) in [5.41, 5.74) is 7.58. The van der Waals surface area contributed by atoms with E-state index in [1.165, 1.54) is 4.90 Å². The summed E-state index contributed by atoms with van der Waals surface area (Å²) in [6.07, 6.45) is 0. The molecular weight excluding hydrogens is 204 g/mol. The van der Waals surface area contributed by atoms with E-state index in [0.29, 0.717) is 11.3 Å². The third-order valence-corrected chi connectivity index (χ3v) is 2.20. The van der Waals surface area contributed by atoms with Gasteiger partial charge in [-0.05, 0) is 18.6 Å². The van der Waals surface area contributed by atoms with Crippen LogP contribution in [0.15, 0.2) is 18.2 Å². The van der Waals surface area contributed by atoms with Gasteiger partial charge in [-0.2, -0.15) is 0 Å². The molecule has 5 nitrogen and oxygen atoms in total. The maximum Gasteiger partial charge on any atom is 0.321 e. The number of hydrogen-bond acceptors (Lipinski definition) is 2. The highest BCUT2D eigenvalue weighted by Crippen LogP contribution is 2.16. The number of nitrogens with zero attached hydrogens (tertiary/aromatic N) is 1. The van der Waals surface area contributed by atoms with Gasteiger partial charge in [0.25, 0.3) is 0 Å². The predicted molar refractivity (Wildman–Crippen MR) is 64.9 cm³/mol. The summed E-state index contributed by atoms with van der Waals surface area (Å²) in [7, 11) is 3.33. The molecule has 0 aliphatic carbocycles. The lowest BCUT2D eigenvalue weighted by molar-refractivity contribution is 0.230. The van der Waals surface area contributed by atoms with Crippen molar-refractivity contribution in [3.05, 3.63) is 29.3 Å². The maximum absolute atomic E-state index is 11.5. The number of nitrogens with one attached hydrogen (secondary N) is 2. The predicted octanol–water partition coefficient (Wildman–Crippen LogP) is 1.37. The number of rotatable bonds is 2. The zero-order valence-corrected chi connectivity index (χ0v) is 9.66. The highest BCUT2D eigenvalue weighted by atomic mass is 16.2. The third-order valence-electron chi connectivity index (χ3n) is 2.20. The lowest BCUT2D eigenvalue weighted by atomic mass is 10.1. The topological polar surface area (TPSA) is 82.2 Å². The minimum atomic E-state index is -0.205. The van der Waals surface area contributed by atoms with Gasteiger partial charge < -0.3 is 16.0 Å². The van der Waals surface area contributed by atoms with E-state index >= 15 is 0 Å². The fourth-order valence-corrected chi connectivity index (χ4v) is 1.15. The van der Waals surface area contributed by atoms with Gasteiger partial charge in [0.05, 0.1) is 0 Å². The van der Waals surface area contributed by atoms with Crippen molar-refractivity contribution in [2.45, 2.75) is 6.92 Å². The largest absolute Gasteiger partial charge is 0.384 e. The molecule has 0 aliphatic rings. The second kappa shape index (κ2) is 4.65. The molecule has 0 aromatic heterocycles. The second-order valence-electron chi connectivity index (χ2n) is 3.77. The molecule has 0 heterocycles. The summed E-state index contributed by atoms with van der Waals surface area (Å²) in [5.74, 6) is -0.0136. The van der Waals surface area contributed by atoms with E-state index in [-0.39, 0.29) is 11.9 Å². The Morgan fingerprint density at radius 3 is 2.56 bits per heavy atom. The van der Waals surface area contributed by atoms with Gasteiger partial charge in [0.1, 0.15) is 5.84 Å². The van der Waals surface area contributed by atoms with Crippen LogP contribution in [0.2, 0.25) is 0 Å². The fourth-order valence-electron chi connectivity index (χ4n) is 1.15. The van der Waals surface area contributed by atoms with E-state index in [0.717, 1.165) is 5.56 Å². The lowest BCUT2D eigenvalue weighted by Gasteiger charge is -2.14. The standard InChI is InChI=1S/C11H16N4O/c1-7-4-5-8(10(12)13)6-9(7)14-11(16)15(2)3/h4-6H,1-3H3,(H3,12,13)(H,14,16). The number of nitrogens with two attached hydrogens (primary N) is 1. The van der Waals surface area contributed by atoms with Crippen LogP contribution in [0.4, 0.5) is 10.5 Å². The van der Waals surface area contributed by atoms with E-state index < -0.39 is 0 Å². The Morgan fingerprint density at radius 1 is 1.44 bits per heavy atom. The lowest BCUT2D eigenvalue weighted by Crippen LogP contribution is -2.27. The summed E-state index contributed by atoms with van der Waals surface area (Å²) in [6, 6.07) is 5.06. The Labute approximate surface area is 94.8 Å². The number of anilines is 1. The number of aryl methyl sites for hydroxylation is 1. The summed E-state index contributed by atoms with van der Waals surface area (Å²) in [6.45, 7) is 1.88. The van der Waals surface area contributed by atoms with Crippen LogP contribution in [0, 0.1) is 12.3 Å². The van der Waals surface area contributed by atoms with E-state index in [9.17, 15) is 4.79 Å². The van der Waals surface area contributed by atoms with Gasteiger partial charge in [-0.25, -0.2) is 4.79 Å². The van der Waals surface area contributed by atoms with E-state index in [1.54, 1.807) is 26.2 Å². The van der Waals surface area contributed by atoms with Gasteiger partial charge in [-0.1, -0.05) is 12.1 Å². The number of amides is 2. The van der Waals surface area contributed by atoms with Gasteiger partial charge in [-0.15, -0.1) is 0 Å². The number of benzene rings is 1. The summed E-state index contributed by atoms with van der Waals surface area (Å²) >= 11 is 0. The molecular formula is C11H16N4O. The van der Waals surface area contributed by atoms with Crippen LogP contribution in [-0.4, -0.2) is 30.9 Å². The molecule has 1 aromatic carbocycles. The van der Waals surface area contributed by atoms with Gasteiger partial charge in [0.2, 0.25) is 0 Å². The van der Waals surface area contributed by atoms with E-state index in [4.69, 9.17) is 11.1 Å². The minimum Gasteiger partial charge on any atom is -0.384 e. The van der Waals surface area contributed by atoms with Crippen molar-refractivity contribution < 1.29 is 4.79 Å². The number of amidine groups is 1. The van der Waals surface area contributed by atoms with Gasteiger partial charge >= 0.3 is 6.03 Å². The van der Waals surface area contributed by atoms with Crippen LogP contribution in [0.1, 0.15) is 11.1 Å². The van der Waals surface area contributed by atoms with Gasteiger partial charge in [-0.3, -0.25) is 5.41 Å². The van der Waals surface area contributed by atoms with Crippen molar-refractivity contribution in [1.82, 2.24) is 4.90 Å². The Morgan fingerprint density at radius 2 is 2.06 bits per heavy atom. The summed E-state index contributed by atoms with van der Waals surface area (Å²) in [5, 5.41) is 10.1. The van der Waals surface area contributed by atoms with Crippen LogP contribution in [-0.2, 0) is 0 Å². The number of carbonyl (C=O) groups is 1. The molecule has 0 fully saturated rings. The molecule has 4 N–H and O–H groups in total. The highest BCUT2D eigenvalue weighted by Gasteiger charge is 2.07. The first-order valence-electron chi connectivity index (χ1n) is 4.85. The summed E-state index contributed by atoms with van der Waals surface area (Å²) in [4.78, 5) is 12.9. The number of urea groups is 1. The molecule has 0 bridgehead atoms. The first-order valence-corrected chi connectivity index (χ1v) is 4.85. The van der Waals surface area contributed by atoms with E-state index in [1.807, 2.05) is 13.0 Å².